The number of halogens is 1. The maximum absolute atomic E-state index is 12.0. The lowest BCUT2D eigenvalue weighted by atomic mass is 10.1. The quantitative estimate of drug-likeness (QED) is 0.0617. The predicted molar refractivity (Wildman–Crippen MR) is 200 cm³/mol. The van der Waals surface area contributed by atoms with E-state index in [0.29, 0.717) is 65.9 Å². The van der Waals surface area contributed by atoms with Crippen LogP contribution < -0.4 is 5.73 Å². The summed E-state index contributed by atoms with van der Waals surface area (Å²) in [5.74, 6) is 0. The first-order valence-electron chi connectivity index (χ1n) is 19.7. The van der Waals surface area contributed by atoms with E-state index in [1.54, 1.807) is 0 Å². The molecule has 9 heteroatoms. The van der Waals surface area contributed by atoms with E-state index in [1.807, 2.05) is 0 Å². The van der Waals surface area contributed by atoms with E-state index in [9.17, 15) is 9.90 Å². The SMILES string of the molecule is CCCCCCCCCCCCCCOC[C@@H](CN(CCOCCOCCN)C(=O)O)OCCCCCCCCCCCCCC.Cl. The number of rotatable bonds is 39. The molecule has 3 N–H and O–H groups in total. The van der Waals surface area contributed by atoms with Gasteiger partial charge in [-0.2, -0.15) is 0 Å². The van der Waals surface area contributed by atoms with Crippen LogP contribution in [0.1, 0.15) is 168 Å². The van der Waals surface area contributed by atoms with Gasteiger partial charge < -0.3 is 34.7 Å². The van der Waals surface area contributed by atoms with Crippen LogP contribution in [0.3, 0.4) is 0 Å². The van der Waals surface area contributed by atoms with Crippen molar-refractivity contribution in [2.24, 2.45) is 5.73 Å². The van der Waals surface area contributed by atoms with Crippen molar-refractivity contribution in [3.05, 3.63) is 0 Å². The molecule has 0 aliphatic rings. The molecule has 0 rings (SSSR count). The molecule has 47 heavy (non-hydrogen) atoms. The standard InChI is InChI=1S/C38H78N2O6.ClH/c1-3-5-7-9-11-13-15-17-19-21-23-25-29-45-36-37(35-40(38(41)42)28-32-44-34-33-43-31-27-39)46-30-26-24-22-20-18-16-14-12-10-8-6-4-2;/h37H,3-36,39H2,1-2H3,(H,41,42);1H/t37-;/m1./s1. The number of amides is 1. The molecule has 1 amide bonds. The molecular formula is C38H79ClN2O6. The molecule has 0 saturated carbocycles. The van der Waals surface area contributed by atoms with Crippen LogP contribution in [0.25, 0.3) is 0 Å². The van der Waals surface area contributed by atoms with Gasteiger partial charge in [-0.05, 0) is 12.8 Å². The number of ether oxygens (including phenoxy) is 4. The van der Waals surface area contributed by atoms with E-state index < -0.39 is 6.09 Å². The molecule has 0 unspecified atom stereocenters. The van der Waals surface area contributed by atoms with E-state index in [2.05, 4.69) is 13.8 Å². The van der Waals surface area contributed by atoms with Gasteiger partial charge in [0.2, 0.25) is 0 Å². The molecule has 0 fully saturated rings. The number of carbonyl (C=O) groups is 1. The summed E-state index contributed by atoms with van der Waals surface area (Å²) in [6, 6.07) is 0. The summed E-state index contributed by atoms with van der Waals surface area (Å²) >= 11 is 0. The zero-order valence-electron chi connectivity index (χ0n) is 31.0. The average molecular weight is 696 g/mol. The maximum Gasteiger partial charge on any atom is 0.407 e. The molecule has 0 aromatic rings. The number of hydrogen-bond donors (Lipinski definition) is 2. The molecule has 0 spiro atoms. The summed E-state index contributed by atoms with van der Waals surface area (Å²) in [5, 5.41) is 9.81. The molecule has 0 aliphatic heterocycles. The molecule has 8 nitrogen and oxygen atoms in total. The van der Waals surface area contributed by atoms with Crippen LogP contribution in [0.15, 0.2) is 0 Å². The lowest BCUT2D eigenvalue weighted by molar-refractivity contribution is -0.0352. The van der Waals surface area contributed by atoms with Crippen LogP contribution in [0.5, 0.6) is 0 Å². The molecule has 0 aromatic carbocycles. The topological polar surface area (TPSA) is 103 Å². The van der Waals surface area contributed by atoms with Gasteiger partial charge in [-0.1, -0.05) is 155 Å². The smallest absolute Gasteiger partial charge is 0.407 e. The van der Waals surface area contributed by atoms with E-state index >= 15 is 0 Å². The Kier molecular flexibility index (Phi) is 42.8. The third-order valence-electron chi connectivity index (χ3n) is 8.63. The first-order valence-corrected chi connectivity index (χ1v) is 19.7. The second kappa shape index (κ2) is 41.5. The molecule has 284 valence electrons. The first kappa shape index (κ1) is 48.5. The van der Waals surface area contributed by atoms with Crippen molar-refractivity contribution in [3.8, 4) is 0 Å². The van der Waals surface area contributed by atoms with E-state index in [0.717, 1.165) is 19.3 Å². The Balaban J connectivity index is 0. The maximum atomic E-state index is 12.0. The number of nitrogens with two attached hydrogens (primary N) is 1. The summed E-state index contributed by atoms with van der Waals surface area (Å²) < 4.78 is 23.1. The Morgan fingerprint density at radius 1 is 0.553 bits per heavy atom. The van der Waals surface area contributed by atoms with Crippen molar-refractivity contribution in [2.45, 2.75) is 174 Å². The molecule has 0 bridgehead atoms. The number of nitrogens with zero attached hydrogens (tertiary/aromatic N) is 1. The molecule has 0 aliphatic carbocycles. The highest BCUT2D eigenvalue weighted by atomic mass is 35.5. The van der Waals surface area contributed by atoms with Gasteiger partial charge in [-0.25, -0.2) is 4.79 Å². The van der Waals surface area contributed by atoms with Gasteiger partial charge in [-0.15, -0.1) is 12.4 Å². The van der Waals surface area contributed by atoms with Gasteiger partial charge in [-0.3, -0.25) is 0 Å². The fourth-order valence-electron chi connectivity index (χ4n) is 5.70. The molecular weight excluding hydrogens is 616 g/mol. The summed E-state index contributed by atoms with van der Waals surface area (Å²) in [6.07, 6.45) is 30.2. The van der Waals surface area contributed by atoms with Crippen molar-refractivity contribution < 1.29 is 28.8 Å². The first-order chi connectivity index (χ1) is 22.7. The molecule has 1 atom stereocenters. The normalized spacial score (nSPS) is 11.9. The minimum Gasteiger partial charge on any atom is -0.465 e. The molecule has 0 saturated heterocycles. The largest absolute Gasteiger partial charge is 0.465 e. The minimum absolute atomic E-state index is 0. The highest BCUT2D eigenvalue weighted by molar-refractivity contribution is 5.85. The summed E-state index contributed by atoms with van der Waals surface area (Å²) in [6.45, 7) is 9.09. The van der Waals surface area contributed by atoms with Crippen LogP contribution in [-0.4, -0.2) is 88.1 Å². The van der Waals surface area contributed by atoms with Crippen LogP contribution in [0, 0.1) is 0 Å². The Labute approximate surface area is 297 Å². The number of hydrogen-bond acceptors (Lipinski definition) is 6. The third-order valence-corrected chi connectivity index (χ3v) is 8.63. The highest BCUT2D eigenvalue weighted by Gasteiger charge is 2.19. The van der Waals surface area contributed by atoms with Crippen molar-refractivity contribution in [1.29, 1.82) is 0 Å². The van der Waals surface area contributed by atoms with Crippen molar-refractivity contribution in [3.63, 3.8) is 0 Å². The summed E-state index contributed by atoms with van der Waals surface area (Å²) in [5.41, 5.74) is 5.43. The van der Waals surface area contributed by atoms with E-state index in [-0.39, 0.29) is 18.5 Å². The van der Waals surface area contributed by atoms with Gasteiger partial charge in [0.05, 0.1) is 45.7 Å². The lowest BCUT2D eigenvalue weighted by Crippen LogP contribution is -2.41. The Morgan fingerprint density at radius 2 is 0.957 bits per heavy atom. The third kappa shape index (κ3) is 38.0. The molecule has 0 aromatic heterocycles. The fourth-order valence-corrected chi connectivity index (χ4v) is 5.70. The highest BCUT2D eigenvalue weighted by Crippen LogP contribution is 2.14. The van der Waals surface area contributed by atoms with Crippen LogP contribution in [-0.2, 0) is 18.9 Å². The van der Waals surface area contributed by atoms with Gasteiger partial charge >= 0.3 is 6.09 Å². The minimum atomic E-state index is -0.956. The molecule has 0 radical (unpaired) electrons. The van der Waals surface area contributed by atoms with E-state index in [4.69, 9.17) is 24.7 Å². The monoisotopic (exact) mass is 695 g/mol. The Morgan fingerprint density at radius 3 is 1.38 bits per heavy atom. The Hall–Kier alpha value is -0.640. The van der Waals surface area contributed by atoms with Gasteiger partial charge in [0.15, 0.2) is 0 Å². The van der Waals surface area contributed by atoms with Crippen molar-refractivity contribution in [2.75, 3.05) is 65.9 Å². The Bertz CT molecular complexity index is 605. The molecule has 0 heterocycles. The summed E-state index contributed by atoms with van der Waals surface area (Å²) in [4.78, 5) is 13.4. The zero-order chi connectivity index (χ0) is 33.6. The zero-order valence-corrected chi connectivity index (χ0v) is 31.9. The lowest BCUT2D eigenvalue weighted by Gasteiger charge is -2.25. The number of unbranched alkanes of at least 4 members (excludes halogenated alkanes) is 22. The average Bonchev–Trinajstić information content (AvgIpc) is 3.05. The summed E-state index contributed by atoms with van der Waals surface area (Å²) in [7, 11) is 0. The van der Waals surface area contributed by atoms with E-state index in [1.165, 1.54) is 140 Å². The van der Waals surface area contributed by atoms with Crippen LogP contribution in [0.4, 0.5) is 4.79 Å². The van der Waals surface area contributed by atoms with Gasteiger partial charge in [0.25, 0.3) is 0 Å². The number of carboxylic acid groups (broad SMARTS) is 1. The van der Waals surface area contributed by atoms with Gasteiger partial charge in [0, 0.05) is 26.3 Å². The van der Waals surface area contributed by atoms with Gasteiger partial charge in [0.1, 0.15) is 0 Å². The van der Waals surface area contributed by atoms with Crippen LogP contribution in [0.2, 0.25) is 0 Å². The van der Waals surface area contributed by atoms with Crippen LogP contribution >= 0.6 is 12.4 Å². The fraction of sp³-hybridized carbons (Fsp3) is 0.974. The second-order valence-corrected chi connectivity index (χ2v) is 13.1. The second-order valence-electron chi connectivity index (χ2n) is 13.1. The van der Waals surface area contributed by atoms with Crippen molar-refractivity contribution >= 4 is 18.5 Å². The predicted octanol–water partition coefficient (Wildman–Crippen LogP) is 10.2. The van der Waals surface area contributed by atoms with Crippen molar-refractivity contribution in [1.82, 2.24) is 4.90 Å².